The summed E-state index contributed by atoms with van der Waals surface area (Å²) in [5.41, 5.74) is 6.30. The third-order valence-electron chi connectivity index (χ3n) is 9.09. The molecule has 4 nitrogen and oxygen atoms in total. The van der Waals surface area contributed by atoms with Crippen molar-refractivity contribution in [2.24, 2.45) is 0 Å². The van der Waals surface area contributed by atoms with Crippen molar-refractivity contribution in [1.29, 1.82) is 0 Å². The Labute approximate surface area is 254 Å². The smallest absolute Gasteiger partial charge is 0.210 e. The molecule has 0 saturated heterocycles. The molecular weight excluding hydrogens is 561 g/mol. The van der Waals surface area contributed by atoms with Crippen LogP contribution in [0, 0.1) is 0 Å². The number of para-hydroxylation sites is 2. The van der Waals surface area contributed by atoms with Gasteiger partial charge in [-0.2, -0.15) is 0 Å². The van der Waals surface area contributed by atoms with Gasteiger partial charge in [0, 0.05) is 12.0 Å². The van der Waals surface area contributed by atoms with E-state index in [9.17, 15) is 8.42 Å². The number of hydrogen-bond donors (Lipinski definition) is 0. The molecule has 0 radical (unpaired) electrons. The van der Waals surface area contributed by atoms with Gasteiger partial charge in [-0.3, -0.25) is 4.57 Å². The van der Waals surface area contributed by atoms with Crippen molar-refractivity contribution in [3.8, 4) is 27.9 Å². The van der Waals surface area contributed by atoms with Gasteiger partial charge < -0.3 is 0 Å². The third kappa shape index (κ3) is 3.27. The highest BCUT2D eigenvalue weighted by atomic mass is 32.2. The van der Waals surface area contributed by atoms with Crippen molar-refractivity contribution < 1.29 is 8.42 Å². The van der Waals surface area contributed by atoms with Crippen LogP contribution in [0.1, 0.15) is 12.7 Å². The standard InChI is InChI=1S/C39H26N2O2S/c1-2-35-40-32-21-11-23-34-39(32)41(35)38-31(20-10-22-33(38)44(34,42)43)37-29-17-7-5-15-27(29)36(28-16-6-8-18-30(28)37)26-19-9-13-24-12-3-4-14-25(24)26/h3-23H,2H2,1H3. The second-order valence-electron chi connectivity index (χ2n) is 11.4. The fourth-order valence-corrected chi connectivity index (χ4v) is 8.94. The van der Waals surface area contributed by atoms with E-state index in [0.29, 0.717) is 32.9 Å². The topological polar surface area (TPSA) is 52.0 Å². The molecule has 0 spiro atoms. The minimum atomic E-state index is -3.78. The number of nitrogens with zero attached hydrogens (tertiary/aromatic N) is 2. The Morgan fingerprint density at radius 2 is 1.09 bits per heavy atom. The molecule has 7 aromatic carbocycles. The van der Waals surface area contributed by atoms with Crippen LogP contribution in [0.15, 0.2) is 137 Å². The molecule has 9 rings (SSSR count). The second kappa shape index (κ2) is 9.12. The van der Waals surface area contributed by atoms with Crippen molar-refractivity contribution in [3.05, 3.63) is 133 Å². The van der Waals surface area contributed by atoms with Crippen LogP contribution < -0.4 is 0 Å². The van der Waals surface area contributed by atoms with E-state index in [2.05, 4.69) is 109 Å². The Hall–Kier alpha value is -5.26. The first kappa shape index (κ1) is 25.3. The van der Waals surface area contributed by atoms with E-state index in [1.165, 1.54) is 21.9 Å². The molecule has 210 valence electrons. The summed E-state index contributed by atoms with van der Waals surface area (Å²) in [6.45, 7) is 2.07. The van der Waals surface area contributed by atoms with E-state index in [1.807, 2.05) is 12.1 Å². The maximum Gasteiger partial charge on any atom is 0.210 e. The van der Waals surface area contributed by atoms with Crippen LogP contribution in [-0.4, -0.2) is 18.0 Å². The first-order valence-electron chi connectivity index (χ1n) is 14.9. The molecule has 8 aromatic rings. The molecule has 0 aliphatic carbocycles. The lowest BCUT2D eigenvalue weighted by Gasteiger charge is -2.25. The number of rotatable bonds is 3. The quantitative estimate of drug-likeness (QED) is 0.194. The van der Waals surface area contributed by atoms with Gasteiger partial charge >= 0.3 is 0 Å². The number of fused-ring (bicyclic) bond motifs is 5. The molecule has 0 N–H and O–H groups in total. The summed E-state index contributed by atoms with van der Waals surface area (Å²) >= 11 is 0. The molecule has 1 aliphatic rings. The van der Waals surface area contributed by atoms with Gasteiger partial charge in [0.2, 0.25) is 9.84 Å². The molecule has 0 saturated carbocycles. The van der Waals surface area contributed by atoms with Gasteiger partial charge in [-0.15, -0.1) is 0 Å². The number of aromatic nitrogens is 2. The van der Waals surface area contributed by atoms with Gasteiger partial charge in [0.25, 0.3) is 0 Å². The number of benzene rings is 7. The molecule has 0 amide bonds. The van der Waals surface area contributed by atoms with Gasteiger partial charge in [-0.1, -0.05) is 116 Å². The van der Waals surface area contributed by atoms with Crippen LogP contribution in [0.3, 0.4) is 0 Å². The van der Waals surface area contributed by atoms with Gasteiger partial charge in [0.1, 0.15) is 5.82 Å². The average molecular weight is 587 g/mol. The van der Waals surface area contributed by atoms with E-state index in [-0.39, 0.29) is 0 Å². The zero-order valence-electron chi connectivity index (χ0n) is 24.0. The highest BCUT2D eigenvalue weighted by Crippen LogP contribution is 2.49. The Morgan fingerprint density at radius 1 is 0.568 bits per heavy atom. The number of aryl methyl sites for hydroxylation is 1. The van der Waals surface area contributed by atoms with Crippen molar-refractivity contribution in [2.45, 2.75) is 23.1 Å². The molecule has 0 fully saturated rings. The fraction of sp³-hybridized carbons (Fsp3) is 0.0513. The monoisotopic (exact) mass is 586 g/mol. The van der Waals surface area contributed by atoms with Crippen LogP contribution in [-0.2, 0) is 16.3 Å². The largest absolute Gasteiger partial charge is 0.293 e. The third-order valence-corrected chi connectivity index (χ3v) is 10.9. The number of imidazole rings is 1. The van der Waals surface area contributed by atoms with Gasteiger partial charge in [0.05, 0.1) is 26.5 Å². The zero-order chi connectivity index (χ0) is 29.6. The van der Waals surface area contributed by atoms with Gasteiger partial charge in [-0.05, 0) is 67.2 Å². The first-order valence-corrected chi connectivity index (χ1v) is 16.4. The lowest BCUT2D eigenvalue weighted by molar-refractivity contribution is 0.594. The minimum absolute atomic E-state index is 0.313. The molecule has 0 unspecified atom stereocenters. The molecular formula is C39H26N2O2S. The normalized spacial score (nSPS) is 13.6. The zero-order valence-corrected chi connectivity index (χ0v) is 24.8. The summed E-state index contributed by atoms with van der Waals surface area (Å²) in [6, 6.07) is 43.1. The highest BCUT2D eigenvalue weighted by Gasteiger charge is 2.35. The van der Waals surface area contributed by atoms with Gasteiger partial charge in [-0.25, -0.2) is 13.4 Å². The lowest BCUT2D eigenvalue weighted by atomic mass is 9.84. The Kier molecular flexibility index (Phi) is 5.23. The Bertz CT molecular complexity index is 2550. The van der Waals surface area contributed by atoms with E-state index in [0.717, 1.165) is 38.5 Å². The number of sulfone groups is 1. The molecule has 0 bridgehead atoms. The maximum atomic E-state index is 14.2. The lowest BCUT2D eigenvalue weighted by Crippen LogP contribution is -2.17. The van der Waals surface area contributed by atoms with E-state index < -0.39 is 9.84 Å². The summed E-state index contributed by atoms with van der Waals surface area (Å²) in [7, 11) is -3.78. The van der Waals surface area contributed by atoms with Crippen molar-refractivity contribution in [3.63, 3.8) is 0 Å². The van der Waals surface area contributed by atoms with Crippen LogP contribution in [0.5, 0.6) is 0 Å². The Morgan fingerprint density at radius 3 is 1.77 bits per heavy atom. The van der Waals surface area contributed by atoms with Crippen molar-refractivity contribution in [1.82, 2.24) is 9.55 Å². The second-order valence-corrected chi connectivity index (χ2v) is 13.3. The van der Waals surface area contributed by atoms with Crippen molar-refractivity contribution >= 4 is 53.2 Å². The molecule has 5 heteroatoms. The average Bonchev–Trinajstić information content (AvgIpc) is 3.45. The first-order chi connectivity index (χ1) is 21.6. The molecule has 1 aliphatic heterocycles. The summed E-state index contributed by atoms with van der Waals surface area (Å²) in [5, 5.41) is 6.80. The Balaban J connectivity index is 1.48. The van der Waals surface area contributed by atoms with E-state index in [4.69, 9.17) is 4.98 Å². The molecule has 1 aromatic heterocycles. The predicted octanol–water partition coefficient (Wildman–Crippen LogP) is 9.53. The summed E-state index contributed by atoms with van der Waals surface area (Å²) in [5.74, 6) is 0.844. The van der Waals surface area contributed by atoms with Crippen molar-refractivity contribution in [2.75, 3.05) is 0 Å². The molecule has 2 heterocycles. The van der Waals surface area contributed by atoms with Crippen LogP contribution in [0.4, 0.5) is 0 Å². The van der Waals surface area contributed by atoms with Crippen LogP contribution >= 0.6 is 0 Å². The van der Waals surface area contributed by atoms with Crippen LogP contribution in [0.25, 0.3) is 71.3 Å². The fourth-order valence-electron chi connectivity index (χ4n) is 7.28. The SMILES string of the molecule is CCc1nc2cccc3c2n1-c1c(-c2c4ccccc4c(-c4cccc5ccccc45)c4ccccc24)cccc1S3(=O)=O. The van der Waals surface area contributed by atoms with E-state index in [1.54, 1.807) is 18.2 Å². The summed E-state index contributed by atoms with van der Waals surface area (Å²) in [4.78, 5) is 5.53. The van der Waals surface area contributed by atoms with Gasteiger partial charge in [0.15, 0.2) is 0 Å². The molecule has 0 atom stereocenters. The van der Waals surface area contributed by atoms with E-state index >= 15 is 0 Å². The predicted molar refractivity (Wildman–Crippen MR) is 179 cm³/mol. The van der Waals surface area contributed by atoms with Crippen LogP contribution in [0.2, 0.25) is 0 Å². The highest BCUT2D eigenvalue weighted by molar-refractivity contribution is 7.92. The maximum absolute atomic E-state index is 14.2. The number of hydrogen-bond acceptors (Lipinski definition) is 3. The summed E-state index contributed by atoms with van der Waals surface area (Å²) < 4.78 is 30.5. The minimum Gasteiger partial charge on any atom is -0.293 e. The molecule has 44 heavy (non-hydrogen) atoms. The summed E-state index contributed by atoms with van der Waals surface area (Å²) in [6.07, 6.45) is 0.670.